The molecule has 57 heavy (non-hydrogen) atoms. The number of hydrogen-bond donors (Lipinski definition) is 0. The summed E-state index contributed by atoms with van der Waals surface area (Å²) in [5, 5.41) is 0. The van der Waals surface area contributed by atoms with Gasteiger partial charge in [0, 0.05) is 36.4 Å². The number of carbonyl (C=O) groups is 4. The molecular weight excluding hydrogens is 796 g/mol. The van der Waals surface area contributed by atoms with E-state index in [1.54, 1.807) is 0 Å². The summed E-state index contributed by atoms with van der Waals surface area (Å²) in [4.78, 5) is 49.1. The Morgan fingerprint density at radius 2 is 0.667 bits per heavy atom. The summed E-state index contributed by atoms with van der Waals surface area (Å²) in [5.41, 5.74) is -11.7. The second-order valence-corrected chi connectivity index (χ2v) is 12.1. The zero-order chi connectivity index (χ0) is 41.9. The quantitative estimate of drug-likeness (QED) is 0.130. The van der Waals surface area contributed by atoms with Crippen LogP contribution in [0, 0.1) is 0 Å². The van der Waals surface area contributed by atoms with Crippen LogP contribution in [0.15, 0.2) is 109 Å². The molecule has 0 N–H and O–H groups in total. The third-order valence-corrected chi connectivity index (χ3v) is 8.47. The number of benzene rings is 4. The molecule has 8 nitrogen and oxygen atoms in total. The molecule has 6 rings (SSSR count). The van der Waals surface area contributed by atoms with E-state index in [1.165, 1.54) is 0 Å². The van der Waals surface area contributed by atoms with E-state index in [0.29, 0.717) is 82.6 Å². The SMILES string of the molecule is O=C1C=CC(=O)N1c1cc(Oc2ccc(C(c3ccc(Oc4cc(N5C(=O)C=CC5=O)cc(C(F)(F)F)c4)cc3)(C(F)(F)F)C(F)(F)F)cc2)cc(C(F)(F)F)c1. The summed E-state index contributed by atoms with van der Waals surface area (Å²) in [6, 6.07) is 7.17. The van der Waals surface area contributed by atoms with E-state index in [9.17, 15) is 71.9 Å². The van der Waals surface area contributed by atoms with Crippen LogP contribution in [0.3, 0.4) is 0 Å². The van der Waals surface area contributed by atoms with Gasteiger partial charge in [0.2, 0.25) is 5.41 Å². The second kappa shape index (κ2) is 13.9. The number of alkyl halides is 12. The summed E-state index contributed by atoms with van der Waals surface area (Å²) in [6.45, 7) is 0. The van der Waals surface area contributed by atoms with Crippen molar-refractivity contribution in [1.82, 2.24) is 0 Å². The molecule has 0 bridgehead atoms. The van der Waals surface area contributed by atoms with Gasteiger partial charge in [0.05, 0.1) is 22.5 Å². The largest absolute Gasteiger partial charge is 0.457 e. The minimum Gasteiger partial charge on any atom is -0.457 e. The van der Waals surface area contributed by atoms with Crippen LogP contribution in [0.25, 0.3) is 0 Å². The van der Waals surface area contributed by atoms with Gasteiger partial charge in [-0.3, -0.25) is 19.2 Å². The summed E-state index contributed by atoms with van der Waals surface area (Å²) in [7, 11) is 0. The van der Waals surface area contributed by atoms with Crippen molar-refractivity contribution >= 4 is 35.0 Å². The highest BCUT2D eigenvalue weighted by Crippen LogP contribution is 2.56. The summed E-state index contributed by atoms with van der Waals surface area (Å²) >= 11 is 0. The molecule has 2 aliphatic heterocycles. The molecule has 0 atom stereocenters. The molecule has 4 aromatic carbocycles. The number of imide groups is 2. The summed E-state index contributed by atoms with van der Waals surface area (Å²) < 4.78 is 182. The maximum Gasteiger partial charge on any atom is 0.416 e. The Morgan fingerprint density at radius 3 is 0.930 bits per heavy atom. The van der Waals surface area contributed by atoms with E-state index in [2.05, 4.69) is 0 Å². The predicted molar refractivity (Wildman–Crippen MR) is 172 cm³/mol. The number of nitrogens with zero attached hydrogens (tertiary/aromatic N) is 2. The van der Waals surface area contributed by atoms with Gasteiger partial charge in [-0.25, -0.2) is 9.80 Å². The van der Waals surface area contributed by atoms with Gasteiger partial charge in [0.25, 0.3) is 23.6 Å². The zero-order valence-electron chi connectivity index (χ0n) is 27.8. The predicted octanol–water partition coefficient (Wildman–Crippen LogP) is 9.58. The van der Waals surface area contributed by atoms with Gasteiger partial charge >= 0.3 is 24.7 Å². The number of hydrogen-bond acceptors (Lipinski definition) is 6. The Labute approximate surface area is 310 Å². The average molecular weight is 815 g/mol. The number of halogens is 12. The Bertz CT molecular complexity index is 2140. The number of ether oxygens (including phenoxy) is 2. The van der Waals surface area contributed by atoms with Crippen molar-refractivity contribution < 1.29 is 81.3 Å². The minimum absolute atomic E-state index is 0.354. The lowest BCUT2D eigenvalue weighted by Gasteiger charge is -2.38. The topological polar surface area (TPSA) is 93.2 Å². The normalized spacial score (nSPS) is 15.3. The number of carbonyl (C=O) groups excluding carboxylic acids is 4. The fraction of sp³-hybridized carbons (Fsp3) is 0.135. The van der Waals surface area contributed by atoms with E-state index < -0.39 is 110 Å². The highest BCUT2D eigenvalue weighted by Gasteiger charge is 2.72. The van der Waals surface area contributed by atoms with Crippen LogP contribution in [0.2, 0.25) is 0 Å². The van der Waals surface area contributed by atoms with Crippen molar-refractivity contribution in [2.45, 2.75) is 30.1 Å². The molecule has 2 heterocycles. The minimum atomic E-state index is -6.13. The smallest absolute Gasteiger partial charge is 0.416 e. The first-order chi connectivity index (χ1) is 26.4. The van der Waals surface area contributed by atoms with Crippen molar-refractivity contribution in [3.05, 3.63) is 131 Å². The number of rotatable bonds is 8. The third-order valence-electron chi connectivity index (χ3n) is 8.47. The van der Waals surface area contributed by atoms with Crippen LogP contribution in [0.4, 0.5) is 64.1 Å². The van der Waals surface area contributed by atoms with Gasteiger partial charge in [0.1, 0.15) is 23.0 Å². The Kier molecular flexibility index (Phi) is 9.74. The third kappa shape index (κ3) is 7.53. The lowest BCUT2D eigenvalue weighted by atomic mass is 9.73. The Balaban J connectivity index is 1.34. The maximum atomic E-state index is 14.8. The monoisotopic (exact) mass is 814 g/mol. The molecule has 2 aliphatic rings. The van der Waals surface area contributed by atoms with Crippen molar-refractivity contribution in [3.8, 4) is 23.0 Å². The van der Waals surface area contributed by atoms with Gasteiger partial charge in [-0.15, -0.1) is 0 Å². The van der Waals surface area contributed by atoms with Crippen molar-refractivity contribution in [3.63, 3.8) is 0 Å². The second-order valence-electron chi connectivity index (χ2n) is 12.1. The van der Waals surface area contributed by atoms with Crippen molar-refractivity contribution in [1.29, 1.82) is 0 Å². The standard InChI is InChI=1S/C37H18F12N2O6/c38-34(39,40)21-13-23(50-29(52)9-10-30(50)53)17-27(15-21)56-25-5-1-19(2-6-25)33(36(44,45)46,37(47,48)49)20-3-7-26(8-4-20)57-28-16-22(35(41,42)43)14-24(18-28)51-31(54)11-12-32(51)55/h1-18H. The van der Waals surface area contributed by atoms with Crippen LogP contribution in [-0.4, -0.2) is 36.0 Å². The van der Waals surface area contributed by atoms with Crippen LogP contribution >= 0.6 is 0 Å². The first-order valence-corrected chi connectivity index (χ1v) is 15.7. The Hall–Kier alpha value is -6.60. The first-order valence-electron chi connectivity index (χ1n) is 15.7. The lowest BCUT2D eigenvalue weighted by molar-refractivity contribution is -0.288. The molecule has 0 aromatic heterocycles. The first kappa shape index (κ1) is 40.1. The van der Waals surface area contributed by atoms with E-state index >= 15 is 0 Å². The zero-order valence-corrected chi connectivity index (χ0v) is 27.8. The highest BCUT2D eigenvalue weighted by molar-refractivity contribution is 6.28. The fourth-order valence-corrected chi connectivity index (χ4v) is 5.98. The van der Waals surface area contributed by atoms with E-state index in [4.69, 9.17) is 9.47 Å². The summed E-state index contributed by atoms with van der Waals surface area (Å²) in [5.74, 6) is -6.51. The molecule has 0 aliphatic carbocycles. The van der Waals surface area contributed by atoms with Crippen molar-refractivity contribution in [2.75, 3.05) is 9.80 Å². The van der Waals surface area contributed by atoms with E-state index in [0.717, 1.165) is 36.4 Å². The number of anilines is 2. The summed E-state index contributed by atoms with van der Waals surface area (Å²) in [6.07, 6.45) is -19.3. The molecule has 0 spiro atoms. The highest BCUT2D eigenvalue weighted by atomic mass is 19.4. The molecule has 20 heteroatoms. The van der Waals surface area contributed by atoms with Gasteiger partial charge in [-0.2, -0.15) is 52.7 Å². The molecule has 0 unspecified atom stereocenters. The lowest BCUT2D eigenvalue weighted by Crippen LogP contribution is -2.54. The van der Waals surface area contributed by atoms with Crippen LogP contribution in [0.1, 0.15) is 22.3 Å². The van der Waals surface area contributed by atoms with Crippen LogP contribution in [0.5, 0.6) is 23.0 Å². The molecule has 4 amide bonds. The number of amides is 4. The average Bonchev–Trinajstić information content (AvgIpc) is 3.62. The maximum absolute atomic E-state index is 14.8. The molecule has 4 aromatic rings. The molecular formula is C37H18F12N2O6. The molecule has 0 radical (unpaired) electrons. The van der Waals surface area contributed by atoms with E-state index in [-0.39, 0.29) is 0 Å². The van der Waals surface area contributed by atoms with Crippen LogP contribution < -0.4 is 19.3 Å². The van der Waals surface area contributed by atoms with Gasteiger partial charge in [-0.1, -0.05) is 24.3 Å². The van der Waals surface area contributed by atoms with E-state index in [1.807, 2.05) is 0 Å². The molecule has 0 saturated carbocycles. The van der Waals surface area contributed by atoms with Crippen molar-refractivity contribution in [2.24, 2.45) is 0 Å². The van der Waals surface area contributed by atoms with Gasteiger partial charge in [0.15, 0.2) is 0 Å². The van der Waals surface area contributed by atoms with Crippen LogP contribution in [-0.2, 0) is 36.9 Å². The molecule has 0 saturated heterocycles. The molecule has 296 valence electrons. The fourth-order valence-electron chi connectivity index (χ4n) is 5.98. The van der Waals surface area contributed by atoms with Gasteiger partial charge in [-0.05, 0) is 59.7 Å². The Morgan fingerprint density at radius 1 is 0.368 bits per heavy atom. The van der Waals surface area contributed by atoms with Gasteiger partial charge < -0.3 is 9.47 Å². The molecule has 0 fully saturated rings.